The molecule has 0 fully saturated rings. The molecule has 1 aromatic rings. The first-order valence-corrected chi connectivity index (χ1v) is 5.53. The summed E-state index contributed by atoms with van der Waals surface area (Å²) in [7, 11) is 0. The molecule has 0 radical (unpaired) electrons. The summed E-state index contributed by atoms with van der Waals surface area (Å²) >= 11 is 0. The zero-order valence-electron chi connectivity index (χ0n) is 10.1. The summed E-state index contributed by atoms with van der Waals surface area (Å²) in [5, 5.41) is 11.5. The van der Waals surface area contributed by atoms with E-state index in [9.17, 15) is 4.79 Å². The molecule has 0 aliphatic heterocycles. The van der Waals surface area contributed by atoms with Gasteiger partial charge in [0.05, 0.1) is 0 Å². The minimum atomic E-state index is -0.0413. The first-order chi connectivity index (χ1) is 7.56. The highest BCUT2D eigenvalue weighted by atomic mass is 16.3. The lowest BCUT2D eigenvalue weighted by atomic mass is 10.0. The van der Waals surface area contributed by atoms with Crippen LogP contribution in [-0.4, -0.2) is 17.6 Å². The monoisotopic (exact) mass is 221 g/mol. The van der Waals surface area contributed by atoms with Crippen molar-refractivity contribution in [1.82, 2.24) is 0 Å². The number of anilines is 1. The fourth-order valence-electron chi connectivity index (χ4n) is 1.54. The largest absolute Gasteiger partial charge is 0.396 e. The van der Waals surface area contributed by atoms with Gasteiger partial charge >= 0.3 is 0 Å². The van der Waals surface area contributed by atoms with Gasteiger partial charge in [0.25, 0.3) is 0 Å². The van der Waals surface area contributed by atoms with Crippen LogP contribution < -0.4 is 5.32 Å². The molecule has 1 amide bonds. The van der Waals surface area contributed by atoms with Gasteiger partial charge in [-0.2, -0.15) is 0 Å². The standard InChI is InChI=1S/C13H19NO2/c1-9-6-7-12(11(3)10(9)2)14-13(16)5-4-8-15/h6-7,15H,4-5,8H2,1-3H3,(H,14,16). The molecule has 0 bridgehead atoms. The summed E-state index contributed by atoms with van der Waals surface area (Å²) in [6.45, 7) is 6.16. The summed E-state index contributed by atoms with van der Waals surface area (Å²) in [5.41, 5.74) is 4.41. The zero-order chi connectivity index (χ0) is 12.1. The number of aliphatic hydroxyl groups is 1. The van der Waals surface area contributed by atoms with Crippen LogP contribution in [0.3, 0.4) is 0 Å². The molecule has 0 aliphatic rings. The van der Waals surface area contributed by atoms with E-state index in [0.717, 1.165) is 11.3 Å². The van der Waals surface area contributed by atoms with Crippen LogP contribution in [0.1, 0.15) is 29.5 Å². The van der Waals surface area contributed by atoms with Crippen LogP contribution in [0.15, 0.2) is 12.1 Å². The SMILES string of the molecule is Cc1ccc(NC(=O)CCCO)c(C)c1C. The molecule has 0 aromatic heterocycles. The zero-order valence-corrected chi connectivity index (χ0v) is 10.1. The van der Waals surface area contributed by atoms with Crippen molar-refractivity contribution in [2.24, 2.45) is 0 Å². The van der Waals surface area contributed by atoms with E-state index >= 15 is 0 Å². The van der Waals surface area contributed by atoms with Gasteiger partial charge in [-0.25, -0.2) is 0 Å². The van der Waals surface area contributed by atoms with Gasteiger partial charge in [0.2, 0.25) is 5.91 Å². The third kappa shape index (κ3) is 3.07. The number of amides is 1. The van der Waals surface area contributed by atoms with Crippen molar-refractivity contribution < 1.29 is 9.90 Å². The van der Waals surface area contributed by atoms with Crippen molar-refractivity contribution in [2.75, 3.05) is 11.9 Å². The Bertz CT molecular complexity index is 386. The highest BCUT2D eigenvalue weighted by molar-refractivity contribution is 5.91. The second-order valence-corrected chi connectivity index (χ2v) is 4.06. The molecule has 3 nitrogen and oxygen atoms in total. The summed E-state index contributed by atoms with van der Waals surface area (Å²) in [4.78, 5) is 11.5. The smallest absolute Gasteiger partial charge is 0.224 e. The van der Waals surface area contributed by atoms with Crippen molar-refractivity contribution in [1.29, 1.82) is 0 Å². The fourth-order valence-corrected chi connectivity index (χ4v) is 1.54. The first-order valence-electron chi connectivity index (χ1n) is 5.53. The third-order valence-corrected chi connectivity index (χ3v) is 2.89. The van der Waals surface area contributed by atoms with Crippen LogP contribution in [0.5, 0.6) is 0 Å². The molecule has 0 saturated heterocycles. The van der Waals surface area contributed by atoms with Gasteiger partial charge in [0.1, 0.15) is 0 Å². The molecule has 3 heteroatoms. The Morgan fingerprint density at radius 1 is 1.25 bits per heavy atom. The molecular formula is C13H19NO2. The van der Waals surface area contributed by atoms with Crippen LogP contribution in [0.2, 0.25) is 0 Å². The summed E-state index contributed by atoms with van der Waals surface area (Å²) in [6.07, 6.45) is 0.874. The summed E-state index contributed by atoms with van der Waals surface area (Å²) < 4.78 is 0. The maximum atomic E-state index is 11.5. The van der Waals surface area contributed by atoms with Crippen molar-refractivity contribution in [3.8, 4) is 0 Å². The van der Waals surface area contributed by atoms with Gasteiger partial charge in [-0.05, 0) is 49.9 Å². The Kier molecular flexibility index (Phi) is 4.50. The topological polar surface area (TPSA) is 49.3 Å². The summed E-state index contributed by atoms with van der Waals surface area (Å²) in [6, 6.07) is 3.93. The normalized spacial score (nSPS) is 10.2. The number of nitrogens with one attached hydrogen (secondary N) is 1. The maximum absolute atomic E-state index is 11.5. The van der Waals surface area contributed by atoms with Crippen LogP contribution in [0.25, 0.3) is 0 Å². The molecule has 0 aliphatic carbocycles. The van der Waals surface area contributed by atoms with Crippen LogP contribution in [-0.2, 0) is 4.79 Å². The highest BCUT2D eigenvalue weighted by Gasteiger charge is 2.06. The molecule has 16 heavy (non-hydrogen) atoms. The number of carbonyl (C=O) groups is 1. The van der Waals surface area contributed by atoms with Gasteiger partial charge in [-0.1, -0.05) is 6.07 Å². The van der Waals surface area contributed by atoms with Gasteiger partial charge < -0.3 is 10.4 Å². The second kappa shape index (κ2) is 5.66. The average Bonchev–Trinajstić information content (AvgIpc) is 2.27. The second-order valence-electron chi connectivity index (χ2n) is 4.06. The van der Waals surface area contributed by atoms with E-state index in [4.69, 9.17) is 5.11 Å². The number of rotatable bonds is 4. The maximum Gasteiger partial charge on any atom is 0.224 e. The van der Waals surface area contributed by atoms with Crippen LogP contribution in [0, 0.1) is 20.8 Å². The van der Waals surface area contributed by atoms with Gasteiger partial charge in [-0.3, -0.25) is 4.79 Å². The number of carbonyl (C=O) groups excluding carboxylic acids is 1. The molecule has 0 spiro atoms. The van der Waals surface area contributed by atoms with Crippen molar-refractivity contribution in [2.45, 2.75) is 33.6 Å². The molecule has 0 heterocycles. The minimum Gasteiger partial charge on any atom is -0.396 e. The van der Waals surface area contributed by atoms with E-state index in [1.54, 1.807) is 0 Å². The molecule has 1 aromatic carbocycles. The van der Waals surface area contributed by atoms with Crippen LogP contribution in [0.4, 0.5) is 5.69 Å². The molecule has 2 N–H and O–H groups in total. The first kappa shape index (κ1) is 12.7. The molecule has 0 saturated carbocycles. The van der Waals surface area contributed by atoms with E-state index in [-0.39, 0.29) is 12.5 Å². The number of aryl methyl sites for hydroxylation is 1. The van der Waals surface area contributed by atoms with Gasteiger partial charge in [-0.15, -0.1) is 0 Å². The predicted octanol–water partition coefficient (Wildman–Crippen LogP) is 2.32. The van der Waals surface area contributed by atoms with E-state index in [0.29, 0.717) is 12.8 Å². The number of hydrogen-bond donors (Lipinski definition) is 2. The van der Waals surface area contributed by atoms with E-state index < -0.39 is 0 Å². The molecule has 0 atom stereocenters. The number of benzene rings is 1. The Morgan fingerprint density at radius 2 is 1.94 bits per heavy atom. The Morgan fingerprint density at radius 3 is 2.56 bits per heavy atom. The Hall–Kier alpha value is -1.35. The van der Waals surface area contributed by atoms with E-state index in [1.807, 2.05) is 26.0 Å². The molecule has 88 valence electrons. The quantitative estimate of drug-likeness (QED) is 0.819. The van der Waals surface area contributed by atoms with Crippen LogP contribution >= 0.6 is 0 Å². The summed E-state index contributed by atoms with van der Waals surface area (Å²) in [5.74, 6) is -0.0413. The molecule has 0 unspecified atom stereocenters. The molecule has 1 rings (SSSR count). The lowest BCUT2D eigenvalue weighted by Gasteiger charge is -2.12. The Labute approximate surface area is 96.5 Å². The predicted molar refractivity (Wildman–Crippen MR) is 65.6 cm³/mol. The van der Waals surface area contributed by atoms with Gasteiger partial charge in [0, 0.05) is 18.7 Å². The molecular weight excluding hydrogens is 202 g/mol. The van der Waals surface area contributed by atoms with Crippen molar-refractivity contribution in [3.63, 3.8) is 0 Å². The lowest BCUT2D eigenvalue weighted by molar-refractivity contribution is -0.116. The number of aliphatic hydroxyl groups excluding tert-OH is 1. The Balaban J connectivity index is 2.74. The average molecular weight is 221 g/mol. The highest BCUT2D eigenvalue weighted by Crippen LogP contribution is 2.21. The van der Waals surface area contributed by atoms with Crippen molar-refractivity contribution >= 4 is 11.6 Å². The fraction of sp³-hybridized carbons (Fsp3) is 0.462. The lowest BCUT2D eigenvalue weighted by Crippen LogP contribution is -2.13. The van der Waals surface area contributed by atoms with E-state index in [2.05, 4.69) is 12.2 Å². The number of hydrogen-bond acceptors (Lipinski definition) is 2. The van der Waals surface area contributed by atoms with E-state index in [1.165, 1.54) is 11.1 Å². The van der Waals surface area contributed by atoms with Gasteiger partial charge in [0.15, 0.2) is 0 Å². The van der Waals surface area contributed by atoms with Crippen molar-refractivity contribution in [3.05, 3.63) is 28.8 Å². The minimum absolute atomic E-state index is 0.0413. The third-order valence-electron chi connectivity index (χ3n) is 2.89.